The molecule has 0 aliphatic rings. The standard InChI is InChI=1S/C10H6N6S/c11-4-6-1-2-8(3-7(6)5-12)16-9(13)14-15-10(16)17/h1-3H,(H2,13,14)(H,15,17). The van der Waals surface area contributed by atoms with Gasteiger partial charge in [-0.3, -0.25) is 4.57 Å². The third-order valence-electron chi connectivity index (χ3n) is 2.20. The molecule has 6 nitrogen and oxygen atoms in total. The molecule has 0 atom stereocenters. The van der Waals surface area contributed by atoms with Crippen molar-refractivity contribution >= 4 is 18.2 Å². The molecule has 82 valence electrons. The Bertz CT molecular complexity index is 712. The zero-order valence-corrected chi connectivity index (χ0v) is 9.32. The van der Waals surface area contributed by atoms with Gasteiger partial charge in [0.15, 0.2) is 0 Å². The average Bonchev–Trinajstić information content (AvgIpc) is 2.68. The predicted octanol–water partition coefficient (Wildman–Crippen LogP) is 1.26. The highest BCUT2D eigenvalue weighted by Gasteiger charge is 2.08. The van der Waals surface area contributed by atoms with E-state index < -0.39 is 0 Å². The van der Waals surface area contributed by atoms with E-state index in [0.717, 1.165) is 0 Å². The molecule has 1 aromatic carbocycles. The van der Waals surface area contributed by atoms with E-state index >= 15 is 0 Å². The molecule has 0 aliphatic heterocycles. The first-order valence-electron chi connectivity index (χ1n) is 4.55. The van der Waals surface area contributed by atoms with Crippen molar-refractivity contribution in [1.82, 2.24) is 14.8 Å². The summed E-state index contributed by atoms with van der Waals surface area (Å²) in [5.74, 6) is 0.198. The zero-order chi connectivity index (χ0) is 12.4. The van der Waals surface area contributed by atoms with Gasteiger partial charge < -0.3 is 5.73 Å². The molecule has 2 rings (SSSR count). The van der Waals surface area contributed by atoms with Crippen LogP contribution in [0, 0.1) is 27.4 Å². The summed E-state index contributed by atoms with van der Waals surface area (Å²) in [6.45, 7) is 0. The smallest absolute Gasteiger partial charge is 0.225 e. The van der Waals surface area contributed by atoms with Crippen LogP contribution in [0.4, 0.5) is 5.95 Å². The van der Waals surface area contributed by atoms with E-state index in [2.05, 4.69) is 10.2 Å². The van der Waals surface area contributed by atoms with Gasteiger partial charge in [0.25, 0.3) is 0 Å². The van der Waals surface area contributed by atoms with Crippen LogP contribution in [0.3, 0.4) is 0 Å². The number of anilines is 1. The van der Waals surface area contributed by atoms with Gasteiger partial charge in [0.2, 0.25) is 10.7 Å². The Morgan fingerprint density at radius 3 is 2.53 bits per heavy atom. The van der Waals surface area contributed by atoms with E-state index in [4.69, 9.17) is 28.5 Å². The largest absolute Gasteiger partial charge is 0.368 e. The van der Waals surface area contributed by atoms with Gasteiger partial charge in [-0.25, -0.2) is 5.10 Å². The molecule has 1 heterocycles. The highest BCUT2D eigenvalue weighted by atomic mass is 32.1. The summed E-state index contributed by atoms with van der Waals surface area (Å²) in [7, 11) is 0. The fraction of sp³-hybridized carbons (Fsp3) is 0. The highest BCUT2D eigenvalue weighted by Crippen LogP contribution is 2.16. The lowest BCUT2D eigenvalue weighted by Crippen LogP contribution is -2.01. The highest BCUT2D eigenvalue weighted by molar-refractivity contribution is 7.71. The second-order valence-electron chi connectivity index (χ2n) is 3.18. The maximum Gasteiger partial charge on any atom is 0.225 e. The van der Waals surface area contributed by atoms with Gasteiger partial charge in [-0.2, -0.15) is 10.5 Å². The summed E-state index contributed by atoms with van der Waals surface area (Å²) in [6, 6.07) is 8.62. The maximum absolute atomic E-state index is 8.92. The number of nitrogen functional groups attached to an aromatic ring is 1. The second kappa shape index (κ2) is 4.08. The van der Waals surface area contributed by atoms with Crippen LogP contribution in [0.15, 0.2) is 18.2 Å². The Hall–Kier alpha value is -2.64. The van der Waals surface area contributed by atoms with Gasteiger partial charge in [0, 0.05) is 0 Å². The number of aromatic nitrogens is 3. The molecule has 17 heavy (non-hydrogen) atoms. The summed E-state index contributed by atoms with van der Waals surface area (Å²) < 4.78 is 1.81. The molecule has 1 aromatic heterocycles. The Kier molecular flexibility index (Phi) is 2.61. The van der Waals surface area contributed by atoms with Gasteiger partial charge >= 0.3 is 0 Å². The molecular weight excluding hydrogens is 236 g/mol. The predicted molar refractivity (Wildman–Crippen MR) is 62.6 cm³/mol. The van der Waals surface area contributed by atoms with Crippen molar-refractivity contribution in [3.8, 4) is 17.8 Å². The number of hydrogen-bond acceptors (Lipinski definition) is 5. The number of nitrogens with one attached hydrogen (secondary N) is 1. The minimum absolute atomic E-state index is 0.198. The molecular formula is C10H6N6S. The Balaban J connectivity index is 2.68. The van der Waals surface area contributed by atoms with E-state index in [1.807, 2.05) is 12.1 Å². The summed E-state index contributed by atoms with van der Waals surface area (Å²) in [5.41, 5.74) is 6.82. The molecule has 2 aromatic rings. The van der Waals surface area contributed by atoms with Crippen LogP contribution in [0.1, 0.15) is 11.1 Å². The summed E-state index contributed by atoms with van der Waals surface area (Å²) in [5, 5.41) is 24.0. The number of nitrogens with zero attached hydrogens (tertiary/aromatic N) is 4. The first-order chi connectivity index (χ1) is 8.17. The monoisotopic (exact) mass is 242 g/mol. The fourth-order valence-corrected chi connectivity index (χ4v) is 1.66. The first kappa shape index (κ1) is 10.9. The minimum atomic E-state index is 0.198. The number of H-pyrrole nitrogens is 1. The van der Waals surface area contributed by atoms with Crippen molar-refractivity contribution in [3.63, 3.8) is 0 Å². The quantitative estimate of drug-likeness (QED) is 0.732. The van der Waals surface area contributed by atoms with Gasteiger partial charge in [-0.05, 0) is 30.4 Å². The fourth-order valence-electron chi connectivity index (χ4n) is 1.42. The average molecular weight is 242 g/mol. The SMILES string of the molecule is N#Cc1ccc(-n2c(N)n[nH]c2=S)cc1C#N. The molecule has 0 unspecified atom stereocenters. The lowest BCUT2D eigenvalue weighted by atomic mass is 10.1. The normalized spacial score (nSPS) is 9.53. The number of nitriles is 2. The molecule has 0 saturated heterocycles. The second-order valence-corrected chi connectivity index (χ2v) is 3.56. The maximum atomic E-state index is 8.92. The zero-order valence-electron chi connectivity index (χ0n) is 8.51. The van der Waals surface area contributed by atoms with Crippen LogP contribution < -0.4 is 5.73 Å². The van der Waals surface area contributed by atoms with Crippen LogP contribution in [0.5, 0.6) is 0 Å². The lowest BCUT2D eigenvalue weighted by molar-refractivity contribution is 1.04. The van der Waals surface area contributed by atoms with E-state index in [9.17, 15) is 0 Å². The van der Waals surface area contributed by atoms with Crippen LogP contribution in [-0.2, 0) is 0 Å². The number of hydrogen-bond donors (Lipinski definition) is 2. The van der Waals surface area contributed by atoms with E-state index in [0.29, 0.717) is 16.0 Å². The van der Waals surface area contributed by atoms with Gasteiger partial charge in [0.05, 0.1) is 16.8 Å². The Morgan fingerprint density at radius 2 is 2.00 bits per heavy atom. The Morgan fingerprint density at radius 1 is 1.29 bits per heavy atom. The van der Waals surface area contributed by atoms with Gasteiger partial charge in [-0.1, -0.05) is 0 Å². The minimum Gasteiger partial charge on any atom is -0.368 e. The topological polar surface area (TPSA) is 107 Å². The van der Waals surface area contributed by atoms with Crippen molar-refractivity contribution in [3.05, 3.63) is 34.1 Å². The Labute approximate surface area is 102 Å². The third kappa shape index (κ3) is 1.75. The summed E-state index contributed by atoms with van der Waals surface area (Å²) >= 11 is 5.01. The van der Waals surface area contributed by atoms with E-state index in [1.165, 1.54) is 4.57 Å². The van der Waals surface area contributed by atoms with Crippen LogP contribution in [0.2, 0.25) is 0 Å². The first-order valence-corrected chi connectivity index (χ1v) is 4.95. The van der Waals surface area contributed by atoms with Crippen LogP contribution in [0.25, 0.3) is 5.69 Å². The lowest BCUT2D eigenvalue weighted by Gasteiger charge is -2.04. The van der Waals surface area contributed by atoms with Crippen molar-refractivity contribution in [2.24, 2.45) is 0 Å². The molecule has 0 spiro atoms. The molecule has 7 heteroatoms. The number of aromatic amines is 1. The molecule has 0 radical (unpaired) electrons. The van der Waals surface area contributed by atoms with Crippen LogP contribution in [-0.4, -0.2) is 14.8 Å². The molecule has 0 aliphatic carbocycles. The van der Waals surface area contributed by atoms with Crippen molar-refractivity contribution < 1.29 is 0 Å². The summed E-state index contributed by atoms with van der Waals surface area (Å²) in [4.78, 5) is 0. The van der Waals surface area contributed by atoms with Crippen molar-refractivity contribution in [1.29, 1.82) is 10.5 Å². The van der Waals surface area contributed by atoms with Gasteiger partial charge in [0.1, 0.15) is 12.1 Å². The van der Waals surface area contributed by atoms with Crippen molar-refractivity contribution in [2.75, 3.05) is 5.73 Å². The number of nitrogens with two attached hydrogens (primary N) is 1. The number of rotatable bonds is 1. The molecule has 0 bridgehead atoms. The van der Waals surface area contributed by atoms with Crippen LogP contribution >= 0.6 is 12.2 Å². The van der Waals surface area contributed by atoms with E-state index in [1.54, 1.807) is 18.2 Å². The van der Waals surface area contributed by atoms with Gasteiger partial charge in [-0.15, -0.1) is 5.10 Å². The van der Waals surface area contributed by atoms with E-state index in [-0.39, 0.29) is 11.5 Å². The molecule has 0 amide bonds. The van der Waals surface area contributed by atoms with Crippen molar-refractivity contribution in [2.45, 2.75) is 0 Å². The molecule has 3 N–H and O–H groups in total. The third-order valence-corrected chi connectivity index (χ3v) is 2.47. The summed E-state index contributed by atoms with van der Waals surface area (Å²) in [6.07, 6.45) is 0. The molecule has 0 saturated carbocycles. The molecule has 0 fully saturated rings. The number of benzene rings is 1.